The molecule has 1 heterocycles. The number of carbonyl (C=O) groups is 1. The summed E-state index contributed by atoms with van der Waals surface area (Å²) in [4.78, 5) is 17.3. The van der Waals surface area contributed by atoms with Crippen molar-refractivity contribution < 1.29 is 9.53 Å². The van der Waals surface area contributed by atoms with E-state index in [-0.39, 0.29) is 11.4 Å². The molecule has 1 aromatic heterocycles. The maximum atomic E-state index is 12.3. The Morgan fingerprint density at radius 1 is 1.18 bits per heavy atom. The lowest BCUT2D eigenvalue weighted by Gasteiger charge is -2.40. The van der Waals surface area contributed by atoms with Crippen LogP contribution in [0.2, 0.25) is 0 Å². The molecular weight excluding hydrogens is 410 g/mol. The Morgan fingerprint density at radius 3 is 2.48 bits per heavy atom. The van der Waals surface area contributed by atoms with Crippen molar-refractivity contribution in [2.75, 3.05) is 12.4 Å². The minimum absolute atomic E-state index is 0.274. The van der Waals surface area contributed by atoms with Crippen LogP contribution in [-0.2, 0) is 4.74 Å². The van der Waals surface area contributed by atoms with Crippen molar-refractivity contribution in [1.82, 2.24) is 9.55 Å². The van der Waals surface area contributed by atoms with Crippen LogP contribution in [-0.4, -0.2) is 22.6 Å². The van der Waals surface area contributed by atoms with Crippen LogP contribution in [0.1, 0.15) is 87.3 Å². The fourth-order valence-electron chi connectivity index (χ4n) is 5.61. The number of esters is 1. The van der Waals surface area contributed by atoms with Crippen LogP contribution in [0, 0.1) is 18.3 Å². The Balaban J connectivity index is 1.83. The Labute approximate surface area is 197 Å². The third kappa shape index (κ3) is 4.78. The molecule has 1 aliphatic carbocycles. The second-order valence-electron chi connectivity index (χ2n) is 10.9. The number of fused-ring (bicyclic) bond motifs is 1. The van der Waals surface area contributed by atoms with E-state index in [0.29, 0.717) is 23.4 Å². The van der Waals surface area contributed by atoms with E-state index in [9.17, 15) is 4.79 Å². The molecule has 5 nitrogen and oxygen atoms in total. The number of benzene rings is 2. The van der Waals surface area contributed by atoms with Crippen molar-refractivity contribution in [1.29, 1.82) is 0 Å². The van der Waals surface area contributed by atoms with Gasteiger partial charge in [-0.25, -0.2) is 9.78 Å². The number of hydrogen-bond acceptors (Lipinski definition) is 4. The molecule has 0 spiro atoms. The lowest BCUT2D eigenvalue weighted by atomic mass is 9.70. The number of nitrogens with one attached hydrogen (secondary N) is 1. The number of carbonyl (C=O) groups excluding carboxylic acids is 1. The Morgan fingerprint density at radius 2 is 1.88 bits per heavy atom. The molecule has 0 amide bonds. The predicted molar refractivity (Wildman–Crippen MR) is 135 cm³/mol. The molecule has 176 valence electrons. The Hall–Kier alpha value is -2.82. The number of imidazole rings is 1. The minimum Gasteiger partial charge on any atom is -0.465 e. The van der Waals surface area contributed by atoms with Crippen LogP contribution >= 0.6 is 0 Å². The molecule has 2 atom stereocenters. The summed E-state index contributed by atoms with van der Waals surface area (Å²) < 4.78 is 7.37. The number of aryl methyl sites for hydroxylation is 1. The summed E-state index contributed by atoms with van der Waals surface area (Å²) in [6.45, 7) is 13.5. The maximum Gasteiger partial charge on any atom is 0.338 e. The largest absolute Gasteiger partial charge is 0.465 e. The summed E-state index contributed by atoms with van der Waals surface area (Å²) in [5.74, 6) is 1.65. The van der Waals surface area contributed by atoms with Gasteiger partial charge in [0.25, 0.3) is 0 Å². The van der Waals surface area contributed by atoms with Gasteiger partial charge in [-0.3, -0.25) is 0 Å². The third-order valence-corrected chi connectivity index (χ3v) is 7.00. The molecule has 0 saturated heterocycles. The zero-order valence-corrected chi connectivity index (χ0v) is 21.0. The van der Waals surface area contributed by atoms with Crippen molar-refractivity contribution in [3.63, 3.8) is 0 Å². The second kappa shape index (κ2) is 8.85. The van der Waals surface area contributed by atoms with E-state index in [1.165, 1.54) is 19.1 Å². The number of nitrogens with zero attached hydrogens (tertiary/aromatic N) is 2. The van der Waals surface area contributed by atoms with Gasteiger partial charge in [-0.05, 0) is 78.8 Å². The van der Waals surface area contributed by atoms with E-state index >= 15 is 0 Å². The SMILES string of the molecule is COC(=O)c1cc2nc(Nc3ccc(C(C)C)cc3)n([C@H]3C[C@@H](C)CC(C)(C)C3)c2cc1C. The van der Waals surface area contributed by atoms with Gasteiger partial charge in [-0.2, -0.15) is 0 Å². The molecule has 1 fully saturated rings. The van der Waals surface area contributed by atoms with E-state index in [1.54, 1.807) is 0 Å². The molecule has 2 aromatic carbocycles. The highest BCUT2D eigenvalue weighted by Crippen LogP contribution is 2.46. The van der Waals surface area contributed by atoms with Gasteiger partial charge in [-0.1, -0.05) is 46.8 Å². The van der Waals surface area contributed by atoms with Gasteiger partial charge in [0.2, 0.25) is 5.95 Å². The van der Waals surface area contributed by atoms with Gasteiger partial charge in [0.15, 0.2) is 0 Å². The highest BCUT2D eigenvalue weighted by atomic mass is 16.5. The topological polar surface area (TPSA) is 56.1 Å². The van der Waals surface area contributed by atoms with E-state index in [2.05, 4.69) is 74.8 Å². The first kappa shape index (κ1) is 23.3. The monoisotopic (exact) mass is 447 g/mol. The van der Waals surface area contributed by atoms with Crippen molar-refractivity contribution in [3.8, 4) is 0 Å². The van der Waals surface area contributed by atoms with Crippen LogP contribution in [0.3, 0.4) is 0 Å². The molecule has 33 heavy (non-hydrogen) atoms. The summed E-state index contributed by atoms with van der Waals surface area (Å²) in [5.41, 5.74) is 5.97. The number of hydrogen-bond donors (Lipinski definition) is 1. The molecule has 1 aliphatic rings. The molecule has 3 aromatic rings. The minimum atomic E-state index is -0.324. The smallest absolute Gasteiger partial charge is 0.338 e. The number of methoxy groups -OCH3 is 1. The summed E-state index contributed by atoms with van der Waals surface area (Å²) in [5, 5.41) is 3.59. The first-order chi connectivity index (χ1) is 15.6. The van der Waals surface area contributed by atoms with Crippen molar-refractivity contribution in [2.45, 2.75) is 72.8 Å². The molecule has 5 heteroatoms. The lowest BCUT2D eigenvalue weighted by molar-refractivity contribution is 0.0600. The van der Waals surface area contributed by atoms with Crippen molar-refractivity contribution in [2.24, 2.45) is 11.3 Å². The first-order valence-electron chi connectivity index (χ1n) is 12.1. The standard InChI is InChI=1S/C28H37N3O2/c1-17(2)20-8-10-21(11-9-20)29-27-30-24-14-23(26(32)33-7)19(4)13-25(24)31(27)22-12-18(3)15-28(5,6)16-22/h8-11,13-14,17-18,22H,12,15-16H2,1-7H3,(H,29,30)/t18-,22+/m1/s1. The normalized spacial score (nSPS) is 20.2. The van der Waals surface area contributed by atoms with E-state index in [4.69, 9.17) is 9.72 Å². The summed E-state index contributed by atoms with van der Waals surface area (Å²) in [7, 11) is 1.42. The van der Waals surface area contributed by atoms with Gasteiger partial charge in [0.1, 0.15) is 0 Å². The van der Waals surface area contributed by atoms with Crippen molar-refractivity contribution in [3.05, 3.63) is 53.1 Å². The number of anilines is 2. The molecule has 0 radical (unpaired) electrons. The second-order valence-corrected chi connectivity index (χ2v) is 10.9. The molecule has 0 unspecified atom stereocenters. The van der Waals surface area contributed by atoms with Gasteiger partial charge >= 0.3 is 5.97 Å². The van der Waals surface area contributed by atoms with E-state index < -0.39 is 0 Å². The van der Waals surface area contributed by atoms with Gasteiger partial charge in [0, 0.05) is 11.7 Å². The lowest BCUT2D eigenvalue weighted by Crippen LogP contribution is -2.29. The van der Waals surface area contributed by atoms with Crippen molar-refractivity contribution >= 4 is 28.6 Å². The summed E-state index contributed by atoms with van der Waals surface area (Å²) in [6.07, 6.45) is 3.45. The molecule has 0 bridgehead atoms. The van der Waals surface area contributed by atoms with Crippen LogP contribution < -0.4 is 5.32 Å². The molecule has 4 rings (SSSR count). The molecule has 0 aliphatic heterocycles. The fourth-order valence-corrected chi connectivity index (χ4v) is 5.61. The maximum absolute atomic E-state index is 12.3. The zero-order valence-electron chi connectivity index (χ0n) is 21.0. The van der Waals surface area contributed by atoms with Crippen LogP contribution in [0.15, 0.2) is 36.4 Å². The number of ether oxygens (including phenoxy) is 1. The average molecular weight is 448 g/mol. The number of rotatable bonds is 5. The van der Waals surface area contributed by atoms with Crippen LogP contribution in [0.4, 0.5) is 11.6 Å². The number of aromatic nitrogens is 2. The third-order valence-electron chi connectivity index (χ3n) is 7.00. The van der Waals surface area contributed by atoms with E-state index in [0.717, 1.165) is 41.1 Å². The first-order valence-corrected chi connectivity index (χ1v) is 12.1. The van der Waals surface area contributed by atoms with Gasteiger partial charge in [-0.15, -0.1) is 0 Å². The summed E-state index contributed by atoms with van der Waals surface area (Å²) >= 11 is 0. The Bertz CT molecular complexity index is 1160. The van der Waals surface area contributed by atoms with Gasteiger partial charge in [0.05, 0.1) is 23.7 Å². The highest BCUT2D eigenvalue weighted by Gasteiger charge is 2.35. The molecule has 1 N–H and O–H groups in total. The summed E-state index contributed by atoms with van der Waals surface area (Å²) in [6, 6.07) is 12.9. The molecular formula is C28H37N3O2. The van der Waals surface area contributed by atoms with Crippen LogP contribution in [0.25, 0.3) is 11.0 Å². The average Bonchev–Trinajstić information content (AvgIpc) is 3.08. The zero-order chi connectivity index (χ0) is 23.9. The van der Waals surface area contributed by atoms with Gasteiger partial charge < -0.3 is 14.6 Å². The highest BCUT2D eigenvalue weighted by molar-refractivity contribution is 5.96. The quantitative estimate of drug-likeness (QED) is 0.414. The fraction of sp³-hybridized carbons (Fsp3) is 0.500. The molecule has 1 saturated carbocycles. The Kier molecular flexibility index (Phi) is 6.26. The van der Waals surface area contributed by atoms with E-state index in [1.807, 2.05) is 13.0 Å². The predicted octanol–water partition coefficient (Wildman–Crippen LogP) is 7.39. The van der Waals surface area contributed by atoms with Crippen LogP contribution in [0.5, 0.6) is 0 Å².